The highest BCUT2D eigenvalue weighted by Gasteiger charge is 2.05. The summed E-state index contributed by atoms with van der Waals surface area (Å²) in [6.07, 6.45) is 0. The minimum atomic E-state index is 0.208. The fourth-order valence-electron chi connectivity index (χ4n) is 1.27. The first-order valence-electron chi connectivity index (χ1n) is 5.10. The fraction of sp³-hybridized carbons (Fsp3) is 0.273. The number of aromatic nitrogens is 2. The van der Waals surface area contributed by atoms with Crippen molar-refractivity contribution < 1.29 is 13.9 Å². The first kappa shape index (κ1) is 11.4. The van der Waals surface area contributed by atoms with Crippen molar-refractivity contribution in [2.75, 3.05) is 7.11 Å². The Morgan fingerprint density at radius 3 is 2.71 bits per heavy atom. The summed E-state index contributed by atoms with van der Waals surface area (Å²) in [4.78, 5) is 0. The first-order chi connectivity index (χ1) is 8.31. The molecule has 6 nitrogen and oxygen atoms in total. The van der Waals surface area contributed by atoms with Crippen molar-refractivity contribution in [2.24, 2.45) is 5.73 Å². The van der Waals surface area contributed by atoms with Crippen LogP contribution in [0.25, 0.3) is 0 Å². The Morgan fingerprint density at radius 2 is 2.00 bits per heavy atom. The van der Waals surface area contributed by atoms with Crippen LogP contribution in [0, 0.1) is 0 Å². The van der Waals surface area contributed by atoms with Gasteiger partial charge in [-0.1, -0.05) is 6.07 Å². The zero-order valence-electron chi connectivity index (χ0n) is 9.42. The minimum absolute atomic E-state index is 0.208. The van der Waals surface area contributed by atoms with Crippen LogP contribution in [0.15, 0.2) is 28.7 Å². The summed E-state index contributed by atoms with van der Waals surface area (Å²) in [5, 5.41) is 7.53. The van der Waals surface area contributed by atoms with Gasteiger partial charge in [0.25, 0.3) is 5.89 Å². The predicted molar refractivity (Wildman–Crippen MR) is 59.5 cm³/mol. The second kappa shape index (κ2) is 5.31. The monoisotopic (exact) mass is 235 g/mol. The lowest BCUT2D eigenvalue weighted by atomic mass is 10.3. The van der Waals surface area contributed by atoms with E-state index in [2.05, 4.69) is 10.2 Å². The van der Waals surface area contributed by atoms with E-state index in [1.165, 1.54) is 0 Å². The van der Waals surface area contributed by atoms with Gasteiger partial charge >= 0.3 is 0 Å². The van der Waals surface area contributed by atoms with Crippen molar-refractivity contribution in [3.63, 3.8) is 0 Å². The molecule has 1 aromatic heterocycles. The van der Waals surface area contributed by atoms with Crippen molar-refractivity contribution in [2.45, 2.75) is 13.2 Å². The number of rotatable bonds is 5. The molecule has 0 saturated heterocycles. The van der Waals surface area contributed by atoms with Crippen LogP contribution in [-0.4, -0.2) is 17.3 Å². The number of methoxy groups -OCH3 is 1. The molecular weight excluding hydrogens is 222 g/mol. The average molecular weight is 235 g/mol. The van der Waals surface area contributed by atoms with Crippen molar-refractivity contribution >= 4 is 0 Å². The molecule has 0 atom stereocenters. The normalized spacial score (nSPS) is 10.2. The summed E-state index contributed by atoms with van der Waals surface area (Å²) in [7, 11) is 1.60. The van der Waals surface area contributed by atoms with Crippen LogP contribution in [0.3, 0.4) is 0 Å². The van der Waals surface area contributed by atoms with Gasteiger partial charge in [-0.15, -0.1) is 10.2 Å². The molecule has 6 heteroatoms. The Bertz CT molecular complexity index is 484. The molecule has 0 aliphatic carbocycles. The number of nitrogens with two attached hydrogens (primary N) is 1. The summed E-state index contributed by atoms with van der Waals surface area (Å²) in [6, 6.07) is 7.28. The highest BCUT2D eigenvalue weighted by Crippen LogP contribution is 2.19. The molecule has 0 fully saturated rings. The van der Waals surface area contributed by atoms with Gasteiger partial charge in [0.05, 0.1) is 13.7 Å². The van der Waals surface area contributed by atoms with Gasteiger partial charge in [-0.3, -0.25) is 0 Å². The molecule has 90 valence electrons. The minimum Gasteiger partial charge on any atom is -0.497 e. The van der Waals surface area contributed by atoms with Crippen LogP contribution >= 0.6 is 0 Å². The highest BCUT2D eigenvalue weighted by atomic mass is 16.5. The summed E-state index contributed by atoms with van der Waals surface area (Å²) in [5.74, 6) is 2.20. The number of benzene rings is 1. The summed E-state index contributed by atoms with van der Waals surface area (Å²) in [5.41, 5.74) is 5.35. The topological polar surface area (TPSA) is 83.4 Å². The van der Waals surface area contributed by atoms with E-state index < -0.39 is 0 Å². The van der Waals surface area contributed by atoms with Gasteiger partial charge in [-0.25, -0.2) is 0 Å². The van der Waals surface area contributed by atoms with Crippen LogP contribution in [0.4, 0.5) is 0 Å². The second-order valence-electron chi connectivity index (χ2n) is 3.26. The van der Waals surface area contributed by atoms with Crippen molar-refractivity contribution in [3.05, 3.63) is 36.0 Å². The molecular formula is C11H13N3O3. The van der Waals surface area contributed by atoms with Gasteiger partial charge in [-0.2, -0.15) is 0 Å². The Kier molecular flexibility index (Phi) is 3.56. The Morgan fingerprint density at radius 1 is 1.24 bits per heavy atom. The van der Waals surface area contributed by atoms with Gasteiger partial charge < -0.3 is 19.6 Å². The zero-order valence-corrected chi connectivity index (χ0v) is 9.42. The lowest BCUT2D eigenvalue weighted by molar-refractivity contribution is 0.258. The number of nitrogens with zero attached hydrogens (tertiary/aromatic N) is 2. The summed E-state index contributed by atoms with van der Waals surface area (Å²) >= 11 is 0. The van der Waals surface area contributed by atoms with Crippen molar-refractivity contribution in [1.82, 2.24) is 10.2 Å². The van der Waals surface area contributed by atoms with Gasteiger partial charge in [-0.05, 0) is 12.1 Å². The molecule has 2 rings (SSSR count). The van der Waals surface area contributed by atoms with Crippen LogP contribution in [0.2, 0.25) is 0 Å². The standard InChI is InChI=1S/C11H13N3O3/c1-15-8-3-2-4-9(5-8)16-7-11-14-13-10(6-12)17-11/h2-5H,6-7,12H2,1H3. The van der Waals surface area contributed by atoms with E-state index in [-0.39, 0.29) is 13.2 Å². The largest absolute Gasteiger partial charge is 0.497 e. The molecule has 0 aliphatic heterocycles. The highest BCUT2D eigenvalue weighted by molar-refractivity contribution is 5.32. The summed E-state index contributed by atoms with van der Waals surface area (Å²) in [6.45, 7) is 0.437. The molecule has 0 spiro atoms. The first-order valence-corrected chi connectivity index (χ1v) is 5.10. The number of hydrogen-bond donors (Lipinski definition) is 1. The fourth-order valence-corrected chi connectivity index (χ4v) is 1.27. The third-order valence-electron chi connectivity index (χ3n) is 2.09. The zero-order chi connectivity index (χ0) is 12.1. The molecule has 17 heavy (non-hydrogen) atoms. The van der Waals surface area contributed by atoms with E-state index >= 15 is 0 Å². The lowest BCUT2D eigenvalue weighted by Gasteiger charge is -2.04. The Labute approximate surface area is 98.4 Å². The number of ether oxygens (including phenoxy) is 2. The Hall–Kier alpha value is -2.08. The third kappa shape index (κ3) is 2.94. The van der Waals surface area contributed by atoms with Gasteiger partial charge in [0, 0.05) is 6.07 Å². The van der Waals surface area contributed by atoms with E-state index in [4.69, 9.17) is 19.6 Å². The molecule has 0 bridgehead atoms. The molecule has 1 aromatic carbocycles. The molecule has 0 saturated carbocycles. The lowest BCUT2D eigenvalue weighted by Crippen LogP contribution is -1.96. The van der Waals surface area contributed by atoms with E-state index in [0.29, 0.717) is 17.5 Å². The van der Waals surface area contributed by atoms with Crippen molar-refractivity contribution in [1.29, 1.82) is 0 Å². The molecule has 0 aliphatic rings. The van der Waals surface area contributed by atoms with E-state index in [0.717, 1.165) is 5.75 Å². The molecule has 0 radical (unpaired) electrons. The molecule has 0 amide bonds. The van der Waals surface area contributed by atoms with Gasteiger partial charge in [0.2, 0.25) is 5.89 Å². The Balaban J connectivity index is 1.96. The predicted octanol–water partition coefficient (Wildman–Crippen LogP) is 1.12. The van der Waals surface area contributed by atoms with E-state index in [1.807, 2.05) is 18.2 Å². The molecule has 2 aromatic rings. The maximum Gasteiger partial charge on any atom is 0.253 e. The van der Waals surface area contributed by atoms with Crippen molar-refractivity contribution in [3.8, 4) is 11.5 Å². The van der Waals surface area contributed by atoms with Gasteiger partial charge in [0.1, 0.15) is 11.5 Å². The molecule has 2 N–H and O–H groups in total. The average Bonchev–Trinajstić information content (AvgIpc) is 2.84. The van der Waals surface area contributed by atoms with E-state index in [9.17, 15) is 0 Å². The SMILES string of the molecule is COc1cccc(OCc2nnc(CN)o2)c1. The van der Waals surface area contributed by atoms with Crippen LogP contribution in [0.1, 0.15) is 11.8 Å². The van der Waals surface area contributed by atoms with Crippen LogP contribution in [0.5, 0.6) is 11.5 Å². The quantitative estimate of drug-likeness (QED) is 0.835. The number of hydrogen-bond acceptors (Lipinski definition) is 6. The van der Waals surface area contributed by atoms with Crippen LogP contribution < -0.4 is 15.2 Å². The van der Waals surface area contributed by atoms with E-state index in [1.54, 1.807) is 13.2 Å². The summed E-state index contributed by atoms with van der Waals surface area (Å²) < 4.78 is 15.8. The van der Waals surface area contributed by atoms with Crippen LogP contribution in [-0.2, 0) is 13.2 Å². The third-order valence-corrected chi connectivity index (χ3v) is 2.09. The second-order valence-corrected chi connectivity index (χ2v) is 3.26. The maximum absolute atomic E-state index is 5.48. The smallest absolute Gasteiger partial charge is 0.253 e. The van der Waals surface area contributed by atoms with Gasteiger partial charge in [0.15, 0.2) is 6.61 Å². The molecule has 0 unspecified atom stereocenters. The maximum atomic E-state index is 5.48. The molecule has 1 heterocycles.